The van der Waals surface area contributed by atoms with Crippen molar-refractivity contribution in [3.63, 3.8) is 0 Å². The summed E-state index contributed by atoms with van der Waals surface area (Å²) < 4.78 is 17.9. The second-order valence-corrected chi connectivity index (χ2v) is 8.66. The Balaban J connectivity index is 0.00000306. The number of ether oxygens (including phenoxy) is 2. The third-order valence-corrected chi connectivity index (χ3v) is 6.12. The molecule has 8 heteroatoms. The van der Waals surface area contributed by atoms with Gasteiger partial charge in [-0.05, 0) is 46.0 Å². The van der Waals surface area contributed by atoms with Crippen molar-refractivity contribution in [2.24, 2.45) is 4.99 Å². The first kappa shape index (κ1) is 26.0. The Morgan fingerprint density at radius 2 is 1.97 bits per heavy atom. The lowest BCUT2D eigenvalue weighted by molar-refractivity contribution is -0.0721. The molecule has 1 aromatic heterocycles. The molecule has 2 saturated heterocycles. The largest absolute Gasteiger partial charge is 0.439 e. The molecule has 4 rings (SSSR count). The average Bonchev–Trinajstić information content (AvgIpc) is 3.31. The van der Waals surface area contributed by atoms with Crippen LogP contribution in [-0.2, 0) is 16.0 Å². The highest BCUT2D eigenvalue weighted by molar-refractivity contribution is 14.0. The summed E-state index contributed by atoms with van der Waals surface area (Å²) in [6.45, 7) is 8.89. The highest BCUT2D eigenvalue weighted by Crippen LogP contribution is 2.21. The van der Waals surface area contributed by atoms with Gasteiger partial charge in [-0.3, -0.25) is 0 Å². The first-order valence-electron chi connectivity index (χ1n) is 12.0. The Labute approximate surface area is 214 Å². The summed E-state index contributed by atoms with van der Waals surface area (Å²) in [6.07, 6.45) is 7.95. The van der Waals surface area contributed by atoms with E-state index in [1.807, 2.05) is 0 Å². The highest BCUT2D eigenvalue weighted by Gasteiger charge is 2.24. The molecule has 0 bridgehead atoms. The van der Waals surface area contributed by atoms with Crippen molar-refractivity contribution < 1.29 is 13.9 Å². The number of oxazole rings is 1. The first-order chi connectivity index (χ1) is 15.7. The van der Waals surface area contributed by atoms with Gasteiger partial charge in [-0.1, -0.05) is 29.8 Å². The molecule has 7 nitrogen and oxygen atoms in total. The lowest BCUT2D eigenvalue weighted by atomic mass is 10.1. The van der Waals surface area contributed by atoms with Crippen molar-refractivity contribution in [2.75, 3.05) is 32.8 Å². The quantitative estimate of drug-likeness (QED) is 0.295. The molecule has 0 radical (unpaired) electrons. The van der Waals surface area contributed by atoms with Crippen LogP contribution in [0.15, 0.2) is 39.9 Å². The van der Waals surface area contributed by atoms with E-state index in [9.17, 15) is 0 Å². The van der Waals surface area contributed by atoms with E-state index in [4.69, 9.17) is 18.9 Å². The number of likely N-dealkylation sites (tertiary alicyclic amines) is 1. The minimum absolute atomic E-state index is 0. The molecular formula is C25H37IN4O3. The van der Waals surface area contributed by atoms with Gasteiger partial charge in [-0.2, -0.15) is 0 Å². The minimum Gasteiger partial charge on any atom is -0.439 e. The van der Waals surface area contributed by atoms with Gasteiger partial charge >= 0.3 is 0 Å². The fourth-order valence-electron chi connectivity index (χ4n) is 4.22. The zero-order valence-electron chi connectivity index (χ0n) is 19.8. The number of halogens is 1. The number of piperidine rings is 1. The Morgan fingerprint density at radius 3 is 2.67 bits per heavy atom. The van der Waals surface area contributed by atoms with E-state index in [2.05, 4.69) is 53.3 Å². The van der Waals surface area contributed by atoms with Gasteiger partial charge in [0.05, 0.1) is 25.0 Å². The monoisotopic (exact) mass is 568 g/mol. The SMILES string of the molecule is CCNC(=NCc1ncc(-c2ccc(C)cc2)o1)N1CCC(OCC2CCCCO2)CC1.I. The predicted octanol–water partition coefficient (Wildman–Crippen LogP) is 4.78. The number of guanidine groups is 1. The summed E-state index contributed by atoms with van der Waals surface area (Å²) in [5.41, 5.74) is 2.26. The van der Waals surface area contributed by atoms with Gasteiger partial charge in [0.1, 0.15) is 6.54 Å². The van der Waals surface area contributed by atoms with E-state index < -0.39 is 0 Å². The molecule has 2 aromatic rings. The normalized spacial score (nSPS) is 19.9. The van der Waals surface area contributed by atoms with Crippen LogP contribution in [0.1, 0.15) is 50.5 Å². The predicted molar refractivity (Wildman–Crippen MR) is 141 cm³/mol. The van der Waals surface area contributed by atoms with Crippen molar-refractivity contribution >= 4 is 29.9 Å². The van der Waals surface area contributed by atoms with Crippen LogP contribution in [0.2, 0.25) is 0 Å². The van der Waals surface area contributed by atoms with E-state index in [0.29, 0.717) is 18.5 Å². The van der Waals surface area contributed by atoms with Crippen molar-refractivity contribution in [3.05, 3.63) is 41.9 Å². The number of nitrogens with one attached hydrogen (secondary N) is 1. The van der Waals surface area contributed by atoms with Crippen LogP contribution in [0.3, 0.4) is 0 Å². The Bertz CT molecular complexity index is 857. The number of nitrogens with zero attached hydrogens (tertiary/aromatic N) is 3. The Kier molecular flexibility index (Phi) is 10.5. The third kappa shape index (κ3) is 7.68. The molecule has 1 atom stereocenters. The van der Waals surface area contributed by atoms with Crippen LogP contribution in [0.5, 0.6) is 0 Å². The number of hydrogen-bond acceptors (Lipinski definition) is 5. The number of aryl methyl sites for hydroxylation is 1. The number of aromatic nitrogens is 1. The lowest BCUT2D eigenvalue weighted by Gasteiger charge is -2.35. The van der Waals surface area contributed by atoms with Gasteiger partial charge < -0.3 is 24.1 Å². The molecule has 182 valence electrons. The van der Waals surface area contributed by atoms with Gasteiger partial charge in [0, 0.05) is 31.8 Å². The zero-order valence-corrected chi connectivity index (χ0v) is 22.1. The first-order valence-corrected chi connectivity index (χ1v) is 12.0. The molecule has 1 aromatic carbocycles. The maximum Gasteiger partial charge on any atom is 0.216 e. The molecule has 0 saturated carbocycles. The second kappa shape index (κ2) is 13.3. The summed E-state index contributed by atoms with van der Waals surface area (Å²) in [4.78, 5) is 11.5. The van der Waals surface area contributed by atoms with E-state index in [1.165, 1.54) is 18.4 Å². The summed E-state index contributed by atoms with van der Waals surface area (Å²) in [5.74, 6) is 2.32. The number of benzene rings is 1. The second-order valence-electron chi connectivity index (χ2n) is 8.66. The number of hydrogen-bond donors (Lipinski definition) is 1. The maximum atomic E-state index is 6.15. The summed E-state index contributed by atoms with van der Waals surface area (Å²) in [7, 11) is 0. The van der Waals surface area contributed by atoms with Crippen molar-refractivity contribution in [1.82, 2.24) is 15.2 Å². The van der Waals surface area contributed by atoms with E-state index in [0.717, 1.165) is 69.4 Å². The van der Waals surface area contributed by atoms with Crippen LogP contribution in [0.4, 0.5) is 0 Å². The van der Waals surface area contributed by atoms with E-state index in [1.54, 1.807) is 6.20 Å². The summed E-state index contributed by atoms with van der Waals surface area (Å²) in [6, 6.07) is 8.27. The van der Waals surface area contributed by atoms with Crippen LogP contribution in [0, 0.1) is 6.92 Å². The van der Waals surface area contributed by atoms with Crippen molar-refractivity contribution in [1.29, 1.82) is 0 Å². The fraction of sp³-hybridized carbons (Fsp3) is 0.600. The van der Waals surface area contributed by atoms with Crippen molar-refractivity contribution in [3.8, 4) is 11.3 Å². The van der Waals surface area contributed by atoms with E-state index >= 15 is 0 Å². The topological polar surface area (TPSA) is 72.1 Å². The van der Waals surface area contributed by atoms with Gasteiger partial charge in [-0.15, -0.1) is 24.0 Å². The van der Waals surface area contributed by atoms with Crippen LogP contribution in [-0.4, -0.2) is 60.9 Å². The average molecular weight is 569 g/mol. The molecule has 0 aliphatic carbocycles. The minimum atomic E-state index is 0. The molecule has 1 unspecified atom stereocenters. The third-order valence-electron chi connectivity index (χ3n) is 6.12. The highest BCUT2D eigenvalue weighted by atomic mass is 127. The van der Waals surface area contributed by atoms with Crippen LogP contribution >= 0.6 is 24.0 Å². The van der Waals surface area contributed by atoms with Gasteiger partial charge in [0.25, 0.3) is 0 Å². The van der Waals surface area contributed by atoms with Crippen molar-refractivity contribution in [2.45, 2.75) is 64.7 Å². The van der Waals surface area contributed by atoms with Gasteiger partial charge in [-0.25, -0.2) is 9.98 Å². The molecule has 0 amide bonds. The Morgan fingerprint density at radius 1 is 1.18 bits per heavy atom. The maximum absolute atomic E-state index is 6.15. The number of aliphatic imine (C=N–C) groups is 1. The summed E-state index contributed by atoms with van der Waals surface area (Å²) in [5, 5.41) is 3.41. The molecular weight excluding hydrogens is 531 g/mol. The lowest BCUT2D eigenvalue weighted by Crippen LogP contribution is -2.47. The molecule has 0 spiro atoms. The number of rotatable bonds is 7. The molecule has 1 N–H and O–H groups in total. The standard InChI is InChI=1S/C25H36N4O3.HI/c1-3-26-25(28-17-24-27-16-23(32-24)20-9-7-19(2)8-10-20)29-13-11-21(12-14-29)31-18-22-6-4-5-15-30-22;/h7-10,16,21-22H,3-6,11-15,17-18H2,1-2H3,(H,26,28);1H. The molecule has 33 heavy (non-hydrogen) atoms. The smallest absolute Gasteiger partial charge is 0.216 e. The molecule has 2 aliphatic heterocycles. The fourth-order valence-corrected chi connectivity index (χ4v) is 4.22. The Hall–Kier alpha value is -1.65. The van der Waals surface area contributed by atoms with E-state index in [-0.39, 0.29) is 30.1 Å². The van der Waals surface area contributed by atoms with Crippen LogP contribution in [0.25, 0.3) is 11.3 Å². The molecule has 2 aliphatic rings. The van der Waals surface area contributed by atoms with Gasteiger partial charge in [0.2, 0.25) is 5.89 Å². The molecule has 3 heterocycles. The van der Waals surface area contributed by atoms with Gasteiger partial charge in [0.15, 0.2) is 11.7 Å². The summed E-state index contributed by atoms with van der Waals surface area (Å²) >= 11 is 0. The zero-order chi connectivity index (χ0) is 22.2. The molecule has 2 fully saturated rings. The van der Waals surface area contributed by atoms with Crippen LogP contribution < -0.4 is 5.32 Å².